The van der Waals surface area contributed by atoms with Gasteiger partial charge in [0.15, 0.2) is 0 Å². The predicted octanol–water partition coefficient (Wildman–Crippen LogP) is 4.35. The summed E-state index contributed by atoms with van der Waals surface area (Å²) in [5, 5.41) is 3.51. The van der Waals surface area contributed by atoms with Crippen LogP contribution in [0.1, 0.15) is 16.7 Å². The Morgan fingerprint density at radius 2 is 2.15 bits per heavy atom. The summed E-state index contributed by atoms with van der Waals surface area (Å²) < 4.78 is 6.69. The highest BCUT2D eigenvalue weighted by Gasteiger charge is 2.11. The zero-order chi connectivity index (χ0) is 13.9. The number of anilines is 1. The van der Waals surface area contributed by atoms with E-state index in [0.717, 1.165) is 36.2 Å². The van der Waals surface area contributed by atoms with Crippen molar-refractivity contribution in [2.75, 3.05) is 18.5 Å². The second-order valence-electron chi connectivity index (χ2n) is 5.13. The van der Waals surface area contributed by atoms with Gasteiger partial charge in [0, 0.05) is 23.1 Å². The highest BCUT2D eigenvalue weighted by molar-refractivity contribution is 9.10. The SMILES string of the molecule is Cc1c(Br)cccc1NCCc1ccc2c(c1)CCO2. The van der Waals surface area contributed by atoms with E-state index in [-0.39, 0.29) is 0 Å². The van der Waals surface area contributed by atoms with E-state index in [9.17, 15) is 0 Å². The normalized spacial score (nSPS) is 12.9. The molecule has 0 saturated carbocycles. The van der Waals surface area contributed by atoms with Crippen molar-refractivity contribution in [3.63, 3.8) is 0 Å². The molecule has 0 unspecified atom stereocenters. The Morgan fingerprint density at radius 3 is 3.05 bits per heavy atom. The Bertz CT molecular complexity index is 624. The fraction of sp³-hybridized carbons (Fsp3) is 0.294. The van der Waals surface area contributed by atoms with Crippen LogP contribution in [0.3, 0.4) is 0 Å². The third-order valence-corrected chi connectivity index (χ3v) is 4.61. The minimum absolute atomic E-state index is 0.828. The lowest BCUT2D eigenvalue weighted by Gasteiger charge is -2.11. The van der Waals surface area contributed by atoms with Crippen molar-refractivity contribution < 1.29 is 4.74 Å². The second kappa shape index (κ2) is 5.88. The molecule has 0 spiro atoms. The van der Waals surface area contributed by atoms with Crippen LogP contribution < -0.4 is 10.1 Å². The predicted molar refractivity (Wildman–Crippen MR) is 86.7 cm³/mol. The summed E-state index contributed by atoms with van der Waals surface area (Å²) in [5.74, 6) is 1.06. The van der Waals surface area contributed by atoms with Crippen LogP contribution >= 0.6 is 15.9 Å². The molecule has 1 heterocycles. The number of rotatable bonds is 4. The molecule has 20 heavy (non-hydrogen) atoms. The van der Waals surface area contributed by atoms with Crippen molar-refractivity contribution in [2.24, 2.45) is 0 Å². The average Bonchev–Trinajstić information content (AvgIpc) is 2.91. The number of hydrogen-bond acceptors (Lipinski definition) is 2. The first kappa shape index (κ1) is 13.5. The highest BCUT2D eigenvalue weighted by atomic mass is 79.9. The van der Waals surface area contributed by atoms with Crippen molar-refractivity contribution in [3.8, 4) is 5.75 Å². The topological polar surface area (TPSA) is 21.3 Å². The lowest BCUT2D eigenvalue weighted by atomic mass is 10.1. The number of nitrogens with one attached hydrogen (secondary N) is 1. The van der Waals surface area contributed by atoms with Gasteiger partial charge in [0.05, 0.1) is 6.61 Å². The summed E-state index contributed by atoms with van der Waals surface area (Å²) in [7, 11) is 0. The van der Waals surface area contributed by atoms with Gasteiger partial charge in [0.1, 0.15) is 5.75 Å². The van der Waals surface area contributed by atoms with E-state index < -0.39 is 0 Å². The van der Waals surface area contributed by atoms with Gasteiger partial charge in [0.2, 0.25) is 0 Å². The molecule has 0 amide bonds. The highest BCUT2D eigenvalue weighted by Crippen LogP contribution is 2.26. The van der Waals surface area contributed by atoms with E-state index in [1.54, 1.807) is 0 Å². The maximum atomic E-state index is 5.54. The molecular formula is C17H18BrNO. The summed E-state index contributed by atoms with van der Waals surface area (Å²) in [6, 6.07) is 12.8. The van der Waals surface area contributed by atoms with E-state index in [2.05, 4.69) is 64.6 Å². The lowest BCUT2D eigenvalue weighted by Crippen LogP contribution is -2.06. The average molecular weight is 332 g/mol. The molecule has 104 valence electrons. The third kappa shape index (κ3) is 2.83. The molecular weight excluding hydrogens is 314 g/mol. The largest absolute Gasteiger partial charge is 0.493 e. The molecule has 1 aliphatic rings. The Labute approximate surface area is 128 Å². The van der Waals surface area contributed by atoms with Crippen LogP contribution in [-0.4, -0.2) is 13.2 Å². The molecule has 0 fully saturated rings. The second-order valence-corrected chi connectivity index (χ2v) is 5.98. The van der Waals surface area contributed by atoms with Crippen molar-refractivity contribution >= 4 is 21.6 Å². The van der Waals surface area contributed by atoms with E-state index in [1.807, 2.05) is 0 Å². The van der Waals surface area contributed by atoms with Gasteiger partial charge in [-0.3, -0.25) is 0 Å². The maximum absolute atomic E-state index is 5.54. The molecule has 1 aliphatic heterocycles. The van der Waals surface area contributed by atoms with Gasteiger partial charge >= 0.3 is 0 Å². The summed E-state index contributed by atoms with van der Waals surface area (Å²) in [4.78, 5) is 0. The van der Waals surface area contributed by atoms with Crippen LogP contribution in [0.4, 0.5) is 5.69 Å². The maximum Gasteiger partial charge on any atom is 0.122 e. The molecule has 0 saturated heterocycles. The molecule has 1 N–H and O–H groups in total. The third-order valence-electron chi connectivity index (χ3n) is 3.75. The minimum atomic E-state index is 0.828. The number of halogens is 1. The van der Waals surface area contributed by atoms with E-state index >= 15 is 0 Å². The van der Waals surface area contributed by atoms with Gasteiger partial charge < -0.3 is 10.1 Å². The zero-order valence-electron chi connectivity index (χ0n) is 11.6. The molecule has 0 aromatic heterocycles. The lowest BCUT2D eigenvalue weighted by molar-refractivity contribution is 0.357. The van der Waals surface area contributed by atoms with E-state index in [0.29, 0.717) is 0 Å². The number of hydrogen-bond donors (Lipinski definition) is 1. The van der Waals surface area contributed by atoms with Gasteiger partial charge in [-0.1, -0.05) is 34.1 Å². The van der Waals surface area contributed by atoms with Crippen molar-refractivity contribution in [1.29, 1.82) is 0 Å². The smallest absolute Gasteiger partial charge is 0.122 e. The Kier molecular flexibility index (Phi) is 3.97. The van der Waals surface area contributed by atoms with Crippen molar-refractivity contribution in [1.82, 2.24) is 0 Å². The van der Waals surface area contributed by atoms with Crippen LogP contribution in [0.2, 0.25) is 0 Å². The van der Waals surface area contributed by atoms with Gasteiger partial charge in [0.25, 0.3) is 0 Å². The monoisotopic (exact) mass is 331 g/mol. The molecule has 0 atom stereocenters. The van der Waals surface area contributed by atoms with Crippen molar-refractivity contribution in [3.05, 3.63) is 57.6 Å². The quantitative estimate of drug-likeness (QED) is 0.899. The summed E-state index contributed by atoms with van der Waals surface area (Å²) in [6.07, 6.45) is 2.07. The van der Waals surface area contributed by atoms with Gasteiger partial charge in [-0.25, -0.2) is 0 Å². The molecule has 0 bridgehead atoms. The first-order valence-electron chi connectivity index (χ1n) is 6.97. The fourth-order valence-electron chi connectivity index (χ4n) is 2.54. The summed E-state index contributed by atoms with van der Waals surface area (Å²) in [6.45, 7) is 3.89. The Hall–Kier alpha value is -1.48. The van der Waals surface area contributed by atoms with E-state index in [1.165, 1.54) is 22.4 Å². The van der Waals surface area contributed by atoms with Crippen LogP contribution in [0.5, 0.6) is 5.75 Å². The number of fused-ring (bicyclic) bond motifs is 1. The molecule has 2 nitrogen and oxygen atoms in total. The number of benzene rings is 2. The van der Waals surface area contributed by atoms with Crippen LogP contribution in [0.15, 0.2) is 40.9 Å². The van der Waals surface area contributed by atoms with Crippen LogP contribution in [-0.2, 0) is 12.8 Å². The minimum Gasteiger partial charge on any atom is -0.493 e. The fourth-order valence-corrected chi connectivity index (χ4v) is 2.90. The standard InChI is InChI=1S/C17H18BrNO/c1-12-15(18)3-2-4-16(12)19-9-7-13-5-6-17-14(11-13)8-10-20-17/h2-6,11,19H,7-10H2,1H3. The van der Waals surface area contributed by atoms with Crippen LogP contribution in [0, 0.1) is 6.92 Å². The van der Waals surface area contributed by atoms with Gasteiger partial charge in [-0.05, 0) is 48.2 Å². The molecule has 3 rings (SSSR count). The van der Waals surface area contributed by atoms with E-state index in [4.69, 9.17) is 4.74 Å². The molecule has 0 radical (unpaired) electrons. The molecule has 2 aromatic rings. The Morgan fingerprint density at radius 1 is 1.25 bits per heavy atom. The van der Waals surface area contributed by atoms with Gasteiger partial charge in [-0.2, -0.15) is 0 Å². The zero-order valence-corrected chi connectivity index (χ0v) is 13.2. The van der Waals surface area contributed by atoms with Gasteiger partial charge in [-0.15, -0.1) is 0 Å². The molecule has 3 heteroatoms. The summed E-state index contributed by atoms with van der Waals surface area (Å²) >= 11 is 3.56. The Balaban J connectivity index is 1.61. The molecule has 2 aromatic carbocycles. The van der Waals surface area contributed by atoms with Crippen LogP contribution in [0.25, 0.3) is 0 Å². The van der Waals surface area contributed by atoms with Crippen molar-refractivity contribution in [2.45, 2.75) is 19.8 Å². The number of ether oxygens (including phenoxy) is 1. The first-order valence-corrected chi connectivity index (χ1v) is 7.77. The first-order chi connectivity index (χ1) is 9.74. The molecule has 0 aliphatic carbocycles. The summed E-state index contributed by atoms with van der Waals surface area (Å²) in [5.41, 5.74) is 5.18.